The summed E-state index contributed by atoms with van der Waals surface area (Å²) in [5, 5.41) is 3.49. The van der Waals surface area contributed by atoms with Crippen LogP contribution in [0.2, 0.25) is 0 Å². The van der Waals surface area contributed by atoms with Crippen LogP contribution in [0.3, 0.4) is 0 Å². The first kappa shape index (κ1) is 21.5. The van der Waals surface area contributed by atoms with Gasteiger partial charge in [0.05, 0.1) is 11.5 Å². The molecule has 4 rings (SSSR count). The van der Waals surface area contributed by atoms with E-state index in [1.54, 1.807) is 12.3 Å². The van der Waals surface area contributed by atoms with E-state index in [1.165, 1.54) is 6.07 Å². The Bertz CT molecular complexity index is 810. The lowest BCUT2D eigenvalue weighted by Gasteiger charge is -2.37. The molecule has 1 saturated carbocycles. The average molecular weight is 523 g/mol. The largest absolute Gasteiger partial charge is 0.354 e. The van der Waals surface area contributed by atoms with E-state index in [1.807, 2.05) is 4.90 Å². The third kappa shape index (κ3) is 5.46. The van der Waals surface area contributed by atoms with Gasteiger partial charge in [0.25, 0.3) is 0 Å². The fraction of sp³-hybridized carbons (Fsp3) is 0.667. The summed E-state index contributed by atoms with van der Waals surface area (Å²) in [5.41, 5.74) is 0. The molecule has 1 N–H and O–H groups in total. The van der Waals surface area contributed by atoms with E-state index in [-0.39, 0.29) is 47.2 Å². The lowest BCUT2D eigenvalue weighted by atomic mass is 10.1. The van der Waals surface area contributed by atoms with Crippen molar-refractivity contribution in [1.82, 2.24) is 15.2 Å². The quantitative estimate of drug-likeness (QED) is 0.367. The Morgan fingerprint density at radius 2 is 2.00 bits per heavy atom. The molecule has 7 nitrogen and oxygen atoms in total. The van der Waals surface area contributed by atoms with Gasteiger partial charge in [0.2, 0.25) is 0 Å². The molecule has 0 bridgehead atoms. The Kier molecular flexibility index (Phi) is 7.00. The second-order valence-electron chi connectivity index (χ2n) is 7.63. The number of sulfone groups is 1. The lowest BCUT2D eigenvalue weighted by Crippen LogP contribution is -2.53. The van der Waals surface area contributed by atoms with E-state index in [2.05, 4.69) is 15.2 Å². The molecule has 0 radical (unpaired) electrons. The number of anilines is 1. The molecule has 1 aromatic rings. The van der Waals surface area contributed by atoms with Crippen molar-refractivity contribution in [3.63, 3.8) is 0 Å². The molecule has 3 aliphatic rings. The smallest absolute Gasteiger partial charge is 0.194 e. The van der Waals surface area contributed by atoms with Crippen molar-refractivity contribution in [3.8, 4) is 0 Å². The lowest BCUT2D eigenvalue weighted by molar-refractivity contribution is 0.367. The fourth-order valence-corrected chi connectivity index (χ4v) is 5.47. The van der Waals surface area contributed by atoms with Crippen molar-refractivity contribution in [1.29, 1.82) is 0 Å². The molecule has 3 heterocycles. The number of nitrogens with one attached hydrogen (secondary N) is 1. The van der Waals surface area contributed by atoms with E-state index in [9.17, 15) is 12.8 Å². The topological polar surface area (TPSA) is 77.9 Å². The van der Waals surface area contributed by atoms with E-state index >= 15 is 0 Å². The summed E-state index contributed by atoms with van der Waals surface area (Å²) in [6, 6.07) is 3.51. The van der Waals surface area contributed by atoms with Gasteiger partial charge in [-0.05, 0) is 37.3 Å². The monoisotopic (exact) mass is 523 g/mol. The molecule has 3 fully saturated rings. The number of hydrogen-bond acceptors (Lipinski definition) is 5. The summed E-state index contributed by atoms with van der Waals surface area (Å²) in [5.74, 6) is 1.63. The molecule has 2 saturated heterocycles. The highest BCUT2D eigenvalue weighted by atomic mass is 127. The molecule has 1 aliphatic carbocycles. The molecule has 0 aromatic carbocycles. The SMILES string of the molecule is I.O=S1(=O)CCC(CN=C(NC2CC2)N2CCN(c3ncccc3F)CC2)C1. The second kappa shape index (κ2) is 9.10. The minimum Gasteiger partial charge on any atom is -0.354 e. The molecule has 0 spiro atoms. The number of piperazine rings is 1. The first-order valence-electron chi connectivity index (χ1n) is 9.62. The number of pyridine rings is 1. The van der Waals surface area contributed by atoms with Crippen LogP contribution in [0.25, 0.3) is 0 Å². The Morgan fingerprint density at radius 3 is 2.61 bits per heavy atom. The minimum absolute atomic E-state index is 0. The molecular weight excluding hydrogens is 496 g/mol. The zero-order valence-corrected chi connectivity index (χ0v) is 18.9. The van der Waals surface area contributed by atoms with E-state index < -0.39 is 9.84 Å². The van der Waals surface area contributed by atoms with Gasteiger partial charge in [-0.1, -0.05) is 0 Å². The molecule has 0 amide bonds. The third-order valence-electron chi connectivity index (χ3n) is 5.35. The summed E-state index contributed by atoms with van der Waals surface area (Å²) in [4.78, 5) is 13.1. The van der Waals surface area contributed by atoms with Gasteiger partial charge in [0.1, 0.15) is 0 Å². The molecule has 1 aromatic heterocycles. The maximum absolute atomic E-state index is 14.0. The molecule has 1 atom stereocenters. The molecule has 156 valence electrons. The normalized spacial score (nSPS) is 24.8. The van der Waals surface area contributed by atoms with Crippen LogP contribution in [0.5, 0.6) is 0 Å². The average Bonchev–Trinajstić information content (AvgIpc) is 3.41. The van der Waals surface area contributed by atoms with Crippen LogP contribution in [0.1, 0.15) is 19.3 Å². The van der Waals surface area contributed by atoms with Crippen molar-refractivity contribution in [2.24, 2.45) is 10.9 Å². The Labute approximate surface area is 182 Å². The van der Waals surface area contributed by atoms with Gasteiger partial charge in [0.15, 0.2) is 27.4 Å². The Balaban J connectivity index is 0.00000225. The number of nitrogens with zero attached hydrogens (tertiary/aromatic N) is 4. The fourth-order valence-electron chi connectivity index (χ4n) is 3.62. The maximum Gasteiger partial charge on any atom is 0.194 e. The summed E-state index contributed by atoms with van der Waals surface area (Å²) >= 11 is 0. The molecular formula is C18H27FIN5O2S. The summed E-state index contributed by atoms with van der Waals surface area (Å²) in [6.45, 7) is 3.37. The molecule has 10 heteroatoms. The molecule has 2 aliphatic heterocycles. The number of guanidine groups is 1. The standard InChI is InChI=1S/C18H26FN5O2S.HI/c19-16-2-1-6-20-17(16)23-7-9-24(10-8-23)18(22-15-3-4-15)21-12-14-5-11-27(25,26)13-14;/h1-2,6,14-15H,3-5,7-13H2,(H,21,22);1H. The zero-order chi connectivity index (χ0) is 18.9. The Hall–Kier alpha value is -1.17. The highest BCUT2D eigenvalue weighted by molar-refractivity contribution is 14.0. The van der Waals surface area contributed by atoms with Gasteiger partial charge in [-0.2, -0.15) is 0 Å². The minimum atomic E-state index is -2.87. The van der Waals surface area contributed by atoms with Gasteiger partial charge < -0.3 is 15.1 Å². The highest BCUT2D eigenvalue weighted by Crippen LogP contribution is 2.22. The number of halogens is 2. The van der Waals surface area contributed by atoms with Crippen LogP contribution in [0, 0.1) is 11.7 Å². The van der Waals surface area contributed by atoms with E-state index in [0.29, 0.717) is 37.9 Å². The van der Waals surface area contributed by atoms with Gasteiger partial charge in [0, 0.05) is 45.0 Å². The number of hydrogen-bond donors (Lipinski definition) is 1. The summed E-state index contributed by atoms with van der Waals surface area (Å²) in [6.07, 6.45) is 4.61. The first-order valence-corrected chi connectivity index (χ1v) is 11.4. The highest BCUT2D eigenvalue weighted by Gasteiger charge is 2.30. The van der Waals surface area contributed by atoms with Gasteiger partial charge in [-0.3, -0.25) is 4.99 Å². The van der Waals surface area contributed by atoms with Crippen LogP contribution in [-0.4, -0.2) is 74.5 Å². The van der Waals surface area contributed by atoms with Crippen molar-refractivity contribution in [2.45, 2.75) is 25.3 Å². The van der Waals surface area contributed by atoms with Crippen molar-refractivity contribution < 1.29 is 12.8 Å². The van der Waals surface area contributed by atoms with E-state index in [4.69, 9.17) is 4.99 Å². The van der Waals surface area contributed by atoms with Gasteiger partial charge in [-0.15, -0.1) is 24.0 Å². The number of aliphatic imine (C=N–C) groups is 1. The van der Waals surface area contributed by atoms with Crippen LogP contribution in [0.4, 0.5) is 10.2 Å². The van der Waals surface area contributed by atoms with Gasteiger partial charge >= 0.3 is 0 Å². The van der Waals surface area contributed by atoms with Crippen molar-refractivity contribution >= 4 is 45.6 Å². The predicted octanol–water partition coefficient (Wildman–Crippen LogP) is 1.50. The number of aromatic nitrogens is 1. The van der Waals surface area contributed by atoms with Crippen LogP contribution < -0.4 is 10.2 Å². The van der Waals surface area contributed by atoms with Crippen molar-refractivity contribution in [2.75, 3.05) is 49.1 Å². The predicted molar refractivity (Wildman–Crippen MR) is 119 cm³/mol. The van der Waals surface area contributed by atoms with Crippen LogP contribution in [0.15, 0.2) is 23.3 Å². The number of rotatable bonds is 4. The van der Waals surface area contributed by atoms with E-state index in [0.717, 1.165) is 31.9 Å². The summed E-state index contributed by atoms with van der Waals surface area (Å²) < 4.78 is 37.3. The van der Waals surface area contributed by atoms with Crippen molar-refractivity contribution in [3.05, 3.63) is 24.1 Å². The van der Waals surface area contributed by atoms with Crippen LogP contribution in [-0.2, 0) is 9.84 Å². The van der Waals surface area contributed by atoms with Gasteiger partial charge in [-0.25, -0.2) is 17.8 Å². The maximum atomic E-state index is 14.0. The second-order valence-corrected chi connectivity index (χ2v) is 9.86. The third-order valence-corrected chi connectivity index (χ3v) is 7.19. The Morgan fingerprint density at radius 1 is 1.25 bits per heavy atom. The first-order chi connectivity index (χ1) is 13.0. The van der Waals surface area contributed by atoms with Crippen LogP contribution >= 0.6 is 24.0 Å². The molecule has 1 unspecified atom stereocenters. The zero-order valence-electron chi connectivity index (χ0n) is 15.8. The molecule has 28 heavy (non-hydrogen) atoms. The summed E-state index contributed by atoms with van der Waals surface area (Å²) in [7, 11) is -2.87.